The van der Waals surface area contributed by atoms with E-state index in [2.05, 4.69) is 80.7 Å². The van der Waals surface area contributed by atoms with E-state index in [0.29, 0.717) is 0 Å². The first-order chi connectivity index (χ1) is 13.7. The summed E-state index contributed by atoms with van der Waals surface area (Å²) < 4.78 is 0. The molecule has 1 heterocycles. The molecule has 3 rings (SSSR count). The lowest BCUT2D eigenvalue weighted by Gasteiger charge is -2.16. The first-order valence-electron chi connectivity index (χ1n) is 10.5. The molecule has 0 saturated heterocycles. The zero-order valence-corrected chi connectivity index (χ0v) is 17.3. The zero-order valence-electron chi connectivity index (χ0n) is 17.3. The van der Waals surface area contributed by atoms with Gasteiger partial charge in [-0.05, 0) is 60.2 Å². The lowest BCUT2D eigenvalue weighted by molar-refractivity contribution is 0.922. The van der Waals surface area contributed by atoms with E-state index in [-0.39, 0.29) is 0 Å². The van der Waals surface area contributed by atoms with Crippen molar-refractivity contribution in [2.24, 2.45) is 9.98 Å². The molecule has 0 aromatic heterocycles. The molecule has 1 N–H and O–H groups in total. The summed E-state index contributed by atoms with van der Waals surface area (Å²) in [6, 6.07) is 17.2. The summed E-state index contributed by atoms with van der Waals surface area (Å²) in [6.45, 7) is 6.57. The summed E-state index contributed by atoms with van der Waals surface area (Å²) in [4.78, 5) is 9.65. The molecule has 0 radical (unpaired) electrons. The maximum atomic E-state index is 4.83. The van der Waals surface area contributed by atoms with Crippen LogP contribution in [0.1, 0.15) is 57.6 Å². The molecule has 1 aliphatic rings. The molecule has 2 aromatic carbocycles. The van der Waals surface area contributed by atoms with E-state index in [1.165, 1.54) is 23.1 Å². The lowest BCUT2D eigenvalue weighted by atomic mass is 10.1. The van der Waals surface area contributed by atoms with Crippen LogP contribution in [0.3, 0.4) is 0 Å². The Morgan fingerprint density at radius 1 is 0.857 bits per heavy atom. The Morgan fingerprint density at radius 3 is 2.04 bits per heavy atom. The van der Waals surface area contributed by atoms with Crippen molar-refractivity contribution in [3.8, 4) is 0 Å². The number of aryl methyl sites for hydroxylation is 2. The molecule has 0 saturated carbocycles. The largest absolute Gasteiger partial charge is 0.343 e. The van der Waals surface area contributed by atoms with Crippen LogP contribution in [0.25, 0.3) is 0 Å². The van der Waals surface area contributed by atoms with Crippen LogP contribution >= 0.6 is 0 Å². The fourth-order valence-electron chi connectivity index (χ4n) is 3.39. The quantitative estimate of drug-likeness (QED) is 0.564. The van der Waals surface area contributed by atoms with Crippen LogP contribution in [0.15, 0.2) is 70.2 Å². The topological polar surface area (TPSA) is 36.8 Å². The van der Waals surface area contributed by atoms with Crippen LogP contribution in [0.5, 0.6) is 0 Å². The van der Waals surface area contributed by atoms with Crippen molar-refractivity contribution >= 4 is 23.0 Å². The number of hydrogen-bond donors (Lipinski definition) is 1. The van der Waals surface area contributed by atoms with Crippen molar-refractivity contribution < 1.29 is 0 Å². The Hall–Kier alpha value is -2.68. The van der Waals surface area contributed by atoms with E-state index in [1.54, 1.807) is 0 Å². The Labute approximate surface area is 169 Å². The van der Waals surface area contributed by atoms with E-state index in [0.717, 1.165) is 55.2 Å². The first-order valence-corrected chi connectivity index (χ1v) is 10.5. The van der Waals surface area contributed by atoms with Gasteiger partial charge in [0.2, 0.25) is 0 Å². The van der Waals surface area contributed by atoms with Gasteiger partial charge in [0, 0.05) is 12.1 Å². The summed E-state index contributed by atoms with van der Waals surface area (Å²) in [6.07, 6.45) is 8.56. The van der Waals surface area contributed by atoms with Crippen LogP contribution in [0.4, 0.5) is 11.4 Å². The Kier molecular flexibility index (Phi) is 7.18. The minimum absolute atomic E-state index is 0.814. The molecule has 1 aliphatic heterocycles. The number of rotatable bonds is 7. The minimum atomic E-state index is 0.814. The van der Waals surface area contributed by atoms with Gasteiger partial charge in [-0.3, -0.25) is 0 Å². The van der Waals surface area contributed by atoms with Gasteiger partial charge in [0.1, 0.15) is 5.84 Å². The molecule has 0 spiro atoms. The number of benzene rings is 2. The number of dihydropyridines is 1. The zero-order chi connectivity index (χ0) is 19.8. The Balaban J connectivity index is 1.77. The van der Waals surface area contributed by atoms with Crippen molar-refractivity contribution in [3.63, 3.8) is 0 Å². The van der Waals surface area contributed by atoms with Crippen LogP contribution < -0.4 is 5.32 Å². The third-order valence-electron chi connectivity index (χ3n) is 4.94. The van der Waals surface area contributed by atoms with E-state index in [1.807, 2.05) is 0 Å². The minimum Gasteiger partial charge on any atom is -0.343 e. The number of amidine groups is 2. The maximum Gasteiger partial charge on any atom is 0.157 e. The van der Waals surface area contributed by atoms with Gasteiger partial charge >= 0.3 is 0 Å². The molecule has 0 aliphatic carbocycles. The fraction of sp³-hybridized carbons (Fsp3) is 0.360. The molecular formula is C25H31N3. The number of anilines is 1. The molecule has 0 amide bonds. The Bertz CT molecular complexity index is 856. The summed E-state index contributed by atoms with van der Waals surface area (Å²) in [5.74, 6) is 1.77. The van der Waals surface area contributed by atoms with E-state index >= 15 is 0 Å². The third-order valence-corrected chi connectivity index (χ3v) is 4.94. The first kappa shape index (κ1) is 20.1. The summed E-state index contributed by atoms with van der Waals surface area (Å²) in [5.41, 5.74) is 5.99. The smallest absolute Gasteiger partial charge is 0.157 e. The van der Waals surface area contributed by atoms with Gasteiger partial charge in [-0.25, -0.2) is 9.98 Å². The van der Waals surface area contributed by atoms with Gasteiger partial charge in [-0.2, -0.15) is 0 Å². The molecule has 3 nitrogen and oxygen atoms in total. The van der Waals surface area contributed by atoms with Crippen molar-refractivity contribution in [2.75, 3.05) is 5.32 Å². The molecule has 0 atom stereocenters. The average molecular weight is 374 g/mol. The van der Waals surface area contributed by atoms with Crippen LogP contribution in [-0.4, -0.2) is 11.7 Å². The van der Waals surface area contributed by atoms with Crippen molar-refractivity contribution in [1.82, 2.24) is 0 Å². The lowest BCUT2D eigenvalue weighted by Crippen LogP contribution is -2.18. The molecule has 0 unspecified atom stereocenters. The second kappa shape index (κ2) is 10.0. The number of hydrogen-bond acceptors (Lipinski definition) is 2. The fourth-order valence-corrected chi connectivity index (χ4v) is 3.39. The molecule has 0 bridgehead atoms. The number of nitrogens with one attached hydrogen (secondary N) is 1. The highest BCUT2D eigenvalue weighted by Gasteiger charge is 2.13. The van der Waals surface area contributed by atoms with E-state index < -0.39 is 0 Å². The summed E-state index contributed by atoms with van der Waals surface area (Å²) >= 11 is 0. The third kappa shape index (κ3) is 5.41. The van der Waals surface area contributed by atoms with E-state index in [9.17, 15) is 0 Å². The monoisotopic (exact) mass is 373 g/mol. The van der Waals surface area contributed by atoms with Crippen molar-refractivity contribution in [3.05, 3.63) is 71.3 Å². The van der Waals surface area contributed by atoms with Crippen LogP contribution in [-0.2, 0) is 12.8 Å². The van der Waals surface area contributed by atoms with Crippen LogP contribution in [0.2, 0.25) is 0 Å². The highest BCUT2D eigenvalue weighted by atomic mass is 15.0. The second-order valence-corrected chi connectivity index (χ2v) is 7.27. The average Bonchev–Trinajstić information content (AvgIpc) is 2.72. The van der Waals surface area contributed by atoms with Crippen LogP contribution in [0, 0.1) is 0 Å². The van der Waals surface area contributed by atoms with Gasteiger partial charge in [0.05, 0.1) is 5.69 Å². The van der Waals surface area contributed by atoms with Crippen molar-refractivity contribution in [2.45, 2.75) is 59.3 Å². The van der Waals surface area contributed by atoms with Gasteiger partial charge in [-0.1, -0.05) is 64.0 Å². The SMILES string of the molecule is CCCc1ccc(N=C2N=C(Nc3ccc(CCC)cc3)CC=C2CC)cc1. The molecule has 28 heavy (non-hydrogen) atoms. The van der Waals surface area contributed by atoms with Crippen molar-refractivity contribution in [1.29, 1.82) is 0 Å². The number of nitrogens with zero attached hydrogens (tertiary/aromatic N) is 2. The molecule has 0 fully saturated rings. The van der Waals surface area contributed by atoms with Gasteiger partial charge < -0.3 is 5.32 Å². The maximum absolute atomic E-state index is 4.83. The molecule has 2 aromatic rings. The highest BCUT2D eigenvalue weighted by molar-refractivity contribution is 6.13. The normalized spacial score (nSPS) is 15.3. The highest BCUT2D eigenvalue weighted by Crippen LogP contribution is 2.21. The predicted molar refractivity (Wildman–Crippen MR) is 122 cm³/mol. The van der Waals surface area contributed by atoms with Gasteiger partial charge in [0.15, 0.2) is 5.84 Å². The number of aliphatic imine (C=N–C) groups is 2. The predicted octanol–water partition coefficient (Wildman–Crippen LogP) is 6.87. The summed E-state index contributed by atoms with van der Waals surface area (Å²) in [7, 11) is 0. The molecular weight excluding hydrogens is 342 g/mol. The second-order valence-electron chi connectivity index (χ2n) is 7.27. The Morgan fingerprint density at radius 2 is 1.46 bits per heavy atom. The van der Waals surface area contributed by atoms with E-state index in [4.69, 9.17) is 9.98 Å². The standard InChI is InChI=1S/C25H31N3/c1-4-7-19-9-14-22(15-10-19)26-24-18-13-21(6-3)25(28-24)27-23-16-11-20(8-5-2)12-17-23/h9-17H,4-8,18H2,1-3H3,(H,26,27,28). The molecule has 3 heteroatoms. The van der Waals surface area contributed by atoms with Gasteiger partial charge in [0.25, 0.3) is 0 Å². The summed E-state index contributed by atoms with van der Waals surface area (Å²) in [5, 5.41) is 3.46. The van der Waals surface area contributed by atoms with Gasteiger partial charge in [-0.15, -0.1) is 0 Å². The molecule has 146 valence electrons.